The normalized spacial score (nSPS) is 8.89. The molecule has 0 aliphatic rings. The van der Waals surface area contributed by atoms with E-state index in [-0.39, 0.29) is 0 Å². The van der Waals surface area contributed by atoms with Gasteiger partial charge in [0, 0.05) is 12.4 Å². The lowest BCUT2D eigenvalue weighted by molar-refractivity contribution is 0.570. The molecular formula is C5H3N2OS. The summed E-state index contributed by atoms with van der Waals surface area (Å²) in [7, 11) is 0. The molecule has 1 radical (unpaired) electrons. The fourth-order valence-electron chi connectivity index (χ4n) is 0.358. The second-order valence-electron chi connectivity index (χ2n) is 1.19. The quantitative estimate of drug-likeness (QED) is 0.443. The predicted octanol–water partition coefficient (Wildman–Crippen LogP) is 0.559. The van der Waals surface area contributed by atoms with Gasteiger partial charge in [0.15, 0.2) is 5.62 Å². The van der Waals surface area contributed by atoms with Crippen molar-refractivity contribution in [3.8, 4) is 0 Å². The van der Waals surface area contributed by atoms with Gasteiger partial charge in [-0.3, -0.25) is 9.78 Å². The standard InChI is InChI=1S/C5H3N2OS/c8-4-9-5-3-6-1-2-7-5/h1-2,4H. The average molecular weight is 139 g/mol. The lowest BCUT2D eigenvalue weighted by Crippen LogP contribution is -1.79. The van der Waals surface area contributed by atoms with E-state index in [9.17, 15) is 4.79 Å². The third-order valence-corrected chi connectivity index (χ3v) is 1.17. The molecule has 0 spiro atoms. The van der Waals surface area contributed by atoms with Crippen molar-refractivity contribution in [3.05, 3.63) is 18.6 Å². The molecule has 9 heavy (non-hydrogen) atoms. The van der Waals surface area contributed by atoms with Crippen LogP contribution in [0.3, 0.4) is 0 Å². The second kappa shape index (κ2) is 3.19. The monoisotopic (exact) mass is 139 g/mol. The molecule has 0 saturated carbocycles. The van der Waals surface area contributed by atoms with Gasteiger partial charge < -0.3 is 0 Å². The van der Waals surface area contributed by atoms with Gasteiger partial charge >= 0.3 is 0 Å². The van der Waals surface area contributed by atoms with Gasteiger partial charge in [0.25, 0.3) is 0 Å². The van der Waals surface area contributed by atoms with E-state index in [1.165, 1.54) is 12.4 Å². The molecule has 0 amide bonds. The molecular weight excluding hydrogens is 136 g/mol. The van der Waals surface area contributed by atoms with Crippen LogP contribution in [0.25, 0.3) is 0 Å². The van der Waals surface area contributed by atoms with Crippen LogP contribution in [0.15, 0.2) is 17.4 Å². The van der Waals surface area contributed by atoms with Crippen LogP contribution in [0.2, 0.25) is 0 Å². The van der Waals surface area contributed by atoms with Crippen molar-refractivity contribution in [1.82, 2.24) is 9.97 Å². The molecule has 1 aromatic rings. The van der Waals surface area contributed by atoms with Crippen molar-refractivity contribution < 1.29 is 4.79 Å². The van der Waals surface area contributed by atoms with Gasteiger partial charge in [-0.2, -0.15) is 0 Å². The Kier molecular flexibility index (Phi) is 2.21. The summed E-state index contributed by atoms with van der Waals surface area (Å²) in [5, 5.41) is 0.507. The highest BCUT2D eigenvalue weighted by atomic mass is 32.2. The minimum Gasteiger partial charge on any atom is -0.291 e. The zero-order valence-electron chi connectivity index (χ0n) is 4.44. The first-order chi connectivity index (χ1) is 4.43. The van der Waals surface area contributed by atoms with Crippen molar-refractivity contribution in [2.75, 3.05) is 0 Å². The van der Waals surface area contributed by atoms with E-state index in [1.807, 2.05) is 0 Å². The van der Waals surface area contributed by atoms with E-state index in [0.717, 1.165) is 11.8 Å². The first-order valence-electron chi connectivity index (χ1n) is 2.22. The summed E-state index contributed by atoms with van der Waals surface area (Å²) in [5.41, 5.74) is 0.695. The average Bonchev–Trinajstić information content (AvgIpc) is 1.91. The van der Waals surface area contributed by atoms with Gasteiger partial charge in [-0.25, -0.2) is 4.98 Å². The Labute approximate surface area is 56.5 Å². The zero-order chi connectivity index (χ0) is 6.53. The molecule has 0 atom stereocenters. The Balaban J connectivity index is 2.72. The van der Waals surface area contributed by atoms with Gasteiger partial charge in [-0.05, 0) is 11.8 Å². The minimum absolute atomic E-state index is 0.507. The van der Waals surface area contributed by atoms with Gasteiger partial charge in [0.2, 0.25) is 0 Å². The van der Waals surface area contributed by atoms with Crippen molar-refractivity contribution in [2.45, 2.75) is 5.03 Å². The van der Waals surface area contributed by atoms with Crippen LogP contribution < -0.4 is 0 Å². The molecule has 0 N–H and O–H groups in total. The van der Waals surface area contributed by atoms with Gasteiger partial charge in [0.05, 0.1) is 0 Å². The Bertz CT molecular complexity index is 189. The Morgan fingerprint density at radius 1 is 1.67 bits per heavy atom. The molecule has 0 saturated heterocycles. The lowest BCUT2D eigenvalue weighted by atomic mass is 10.8. The van der Waals surface area contributed by atoms with Gasteiger partial charge in [-0.1, -0.05) is 0 Å². The van der Waals surface area contributed by atoms with Gasteiger partial charge in [0.1, 0.15) is 11.2 Å². The van der Waals surface area contributed by atoms with Crippen LogP contribution in [0, 0.1) is 6.20 Å². The SMILES string of the molecule is O=CSc1[c]nccn1. The van der Waals surface area contributed by atoms with E-state index in [4.69, 9.17) is 0 Å². The number of carbonyl (C=O) groups is 1. The maximum Gasteiger partial charge on any atom is 0.182 e. The summed E-state index contributed by atoms with van der Waals surface area (Å²) < 4.78 is 0. The molecule has 45 valence electrons. The summed E-state index contributed by atoms with van der Waals surface area (Å²) in [6, 6.07) is 0. The molecule has 0 unspecified atom stereocenters. The minimum atomic E-state index is 0.507. The molecule has 0 fully saturated rings. The van der Waals surface area contributed by atoms with Crippen LogP contribution in [-0.4, -0.2) is 15.6 Å². The molecule has 0 aliphatic heterocycles. The summed E-state index contributed by atoms with van der Waals surface area (Å²) in [5.74, 6) is 0. The number of nitrogens with zero attached hydrogens (tertiary/aromatic N) is 2. The van der Waals surface area contributed by atoms with Crippen molar-refractivity contribution in [2.24, 2.45) is 0 Å². The topological polar surface area (TPSA) is 42.9 Å². The lowest BCUT2D eigenvalue weighted by Gasteiger charge is -1.85. The third-order valence-electron chi connectivity index (χ3n) is 0.653. The van der Waals surface area contributed by atoms with E-state index in [0.29, 0.717) is 10.6 Å². The maximum atomic E-state index is 9.85. The first kappa shape index (κ1) is 6.22. The molecule has 1 heterocycles. The predicted molar refractivity (Wildman–Crippen MR) is 33.5 cm³/mol. The molecule has 0 aromatic carbocycles. The Morgan fingerprint density at radius 2 is 2.56 bits per heavy atom. The molecule has 1 aromatic heterocycles. The number of carbonyl (C=O) groups excluding carboxylic acids is 1. The number of aromatic nitrogens is 2. The van der Waals surface area contributed by atoms with E-state index >= 15 is 0 Å². The van der Waals surface area contributed by atoms with Crippen LogP contribution in [0.1, 0.15) is 0 Å². The molecule has 4 heteroatoms. The van der Waals surface area contributed by atoms with E-state index in [1.54, 1.807) is 0 Å². The largest absolute Gasteiger partial charge is 0.291 e. The number of rotatable bonds is 2. The Morgan fingerprint density at radius 3 is 3.11 bits per heavy atom. The highest BCUT2D eigenvalue weighted by Gasteiger charge is 1.89. The molecule has 0 bridgehead atoms. The summed E-state index contributed by atoms with van der Waals surface area (Å²) >= 11 is 0.966. The summed E-state index contributed by atoms with van der Waals surface area (Å²) in [6.45, 7) is 0. The fraction of sp³-hybridized carbons (Fsp3) is 0. The summed E-state index contributed by atoms with van der Waals surface area (Å²) in [6.07, 6.45) is 5.56. The smallest absolute Gasteiger partial charge is 0.182 e. The van der Waals surface area contributed by atoms with Crippen LogP contribution in [0.5, 0.6) is 0 Å². The molecule has 0 aliphatic carbocycles. The first-order valence-corrected chi connectivity index (χ1v) is 3.10. The number of thioether (sulfide) groups is 1. The third kappa shape index (κ3) is 1.81. The van der Waals surface area contributed by atoms with Crippen LogP contribution in [0.4, 0.5) is 0 Å². The Hall–Kier alpha value is -0.900. The molecule has 3 nitrogen and oxygen atoms in total. The van der Waals surface area contributed by atoms with Crippen molar-refractivity contribution >= 4 is 17.4 Å². The van der Waals surface area contributed by atoms with E-state index < -0.39 is 0 Å². The summed E-state index contributed by atoms with van der Waals surface area (Å²) in [4.78, 5) is 17.3. The second-order valence-corrected chi connectivity index (χ2v) is 2.00. The molecule has 1 rings (SSSR count). The van der Waals surface area contributed by atoms with Crippen LogP contribution in [-0.2, 0) is 4.79 Å². The fourth-order valence-corrected chi connectivity index (χ4v) is 0.676. The highest BCUT2D eigenvalue weighted by Crippen LogP contribution is 2.06. The van der Waals surface area contributed by atoms with E-state index in [2.05, 4.69) is 16.2 Å². The number of hydrogen-bond donors (Lipinski definition) is 0. The van der Waals surface area contributed by atoms with Crippen molar-refractivity contribution in [3.63, 3.8) is 0 Å². The van der Waals surface area contributed by atoms with Gasteiger partial charge in [-0.15, -0.1) is 0 Å². The maximum absolute atomic E-state index is 9.85. The number of hydrogen-bond acceptors (Lipinski definition) is 4. The van der Waals surface area contributed by atoms with Crippen molar-refractivity contribution in [1.29, 1.82) is 0 Å². The van der Waals surface area contributed by atoms with Crippen LogP contribution >= 0.6 is 11.8 Å². The highest BCUT2D eigenvalue weighted by molar-refractivity contribution is 8.11. The zero-order valence-corrected chi connectivity index (χ0v) is 5.26.